The Balaban J connectivity index is 2.31. The second-order valence-electron chi connectivity index (χ2n) is 4.75. The Hall–Kier alpha value is -2.42. The van der Waals surface area contributed by atoms with Crippen molar-refractivity contribution < 1.29 is 14.1 Å². The first-order valence-corrected chi connectivity index (χ1v) is 6.19. The van der Waals surface area contributed by atoms with Crippen molar-refractivity contribution in [3.8, 4) is 12.3 Å². The maximum atomic E-state index is 13.3. The predicted octanol–water partition coefficient (Wildman–Crippen LogP) is 2.22. The van der Waals surface area contributed by atoms with Crippen molar-refractivity contribution in [2.45, 2.75) is 12.8 Å². The summed E-state index contributed by atoms with van der Waals surface area (Å²) in [5, 5.41) is 10.9. The zero-order valence-corrected chi connectivity index (χ0v) is 10.7. The van der Waals surface area contributed by atoms with Crippen molar-refractivity contribution in [3.63, 3.8) is 0 Å². The number of rotatable bonds is 5. The average molecular weight is 276 g/mol. The summed E-state index contributed by atoms with van der Waals surface area (Å²) in [7, 11) is 0. The fourth-order valence-corrected chi connectivity index (χ4v) is 1.95. The van der Waals surface area contributed by atoms with Gasteiger partial charge in [0, 0.05) is 12.6 Å². The maximum absolute atomic E-state index is 13.3. The quantitative estimate of drug-likeness (QED) is 0.470. The van der Waals surface area contributed by atoms with E-state index in [9.17, 15) is 19.3 Å². The number of nitrogens with zero attached hydrogens (tertiary/aromatic N) is 2. The monoisotopic (exact) mass is 276 g/mol. The molecule has 1 fully saturated rings. The fraction of sp³-hybridized carbons (Fsp3) is 0.357. The first-order chi connectivity index (χ1) is 9.52. The van der Waals surface area contributed by atoms with Crippen molar-refractivity contribution in [2.24, 2.45) is 5.92 Å². The van der Waals surface area contributed by atoms with Crippen LogP contribution in [0.25, 0.3) is 0 Å². The van der Waals surface area contributed by atoms with Crippen LogP contribution in [0.4, 0.5) is 10.1 Å². The van der Waals surface area contributed by atoms with Crippen LogP contribution in [0.15, 0.2) is 18.2 Å². The van der Waals surface area contributed by atoms with E-state index in [-0.39, 0.29) is 12.1 Å². The van der Waals surface area contributed by atoms with Gasteiger partial charge in [-0.1, -0.05) is 5.92 Å². The number of nitro groups is 1. The molecule has 1 saturated carbocycles. The standard InChI is InChI=1S/C14H13FN2O3/c1-2-7-16(9-10-3-4-10)14(18)12-8-11(15)5-6-13(12)17(19)20/h1,5-6,8,10H,3-4,7,9H2. The van der Waals surface area contributed by atoms with Crippen molar-refractivity contribution in [2.75, 3.05) is 13.1 Å². The van der Waals surface area contributed by atoms with Gasteiger partial charge in [0.1, 0.15) is 11.4 Å². The van der Waals surface area contributed by atoms with Crippen LogP contribution in [-0.4, -0.2) is 28.8 Å². The van der Waals surface area contributed by atoms with Crippen molar-refractivity contribution in [1.29, 1.82) is 0 Å². The summed E-state index contributed by atoms with van der Waals surface area (Å²) in [5.74, 6) is 1.46. The summed E-state index contributed by atoms with van der Waals surface area (Å²) in [6, 6.07) is 2.84. The Bertz CT molecular complexity index is 591. The highest BCUT2D eigenvalue weighted by molar-refractivity contribution is 5.98. The third-order valence-electron chi connectivity index (χ3n) is 3.13. The number of carbonyl (C=O) groups is 1. The number of halogens is 1. The molecule has 1 amide bonds. The molecule has 0 atom stereocenters. The molecule has 1 aliphatic rings. The summed E-state index contributed by atoms with van der Waals surface area (Å²) < 4.78 is 13.3. The highest BCUT2D eigenvalue weighted by atomic mass is 19.1. The molecule has 0 radical (unpaired) electrons. The van der Waals surface area contributed by atoms with E-state index in [1.54, 1.807) is 0 Å². The molecule has 0 spiro atoms. The van der Waals surface area contributed by atoms with Crippen LogP contribution >= 0.6 is 0 Å². The molecular weight excluding hydrogens is 263 g/mol. The molecule has 0 N–H and O–H groups in total. The van der Waals surface area contributed by atoms with Gasteiger partial charge < -0.3 is 4.90 Å². The number of benzene rings is 1. The molecule has 5 nitrogen and oxygen atoms in total. The number of hydrogen-bond acceptors (Lipinski definition) is 3. The van der Waals surface area contributed by atoms with Crippen LogP contribution < -0.4 is 0 Å². The lowest BCUT2D eigenvalue weighted by molar-refractivity contribution is -0.385. The van der Waals surface area contributed by atoms with E-state index >= 15 is 0 Å². The summed E-state index contributed by atoms with van der Waals surface area (Å²) >= 11 is 0. The molecule has 0 unspecified atom stereocenters. The van der Waals surface area contributed by atoms with Crippen LogP contribution in [-0.2, 0) is 0 Å². The zero-order valence-electron chi connectivity index (χ0n) is 10.7. The van der Waals surface area contributed by atoms with E-state index in [4.69, 9.17) is 6.42 Å². The summed E-state index contributed by atoms with van der Waals surface area (Å²) in [4.78, 5) is 23.9. The van der Waals surface area contributed by atoms with E-state index in [2.05, 4.69) is 5.92 Å². The number of amides is 1. The normalized spacial score (nSPS) is 13.6. The molecule has 0 saturated heterocycles. The van der Waals surface area contributed by atoms with Crippen molar-refractivity contribution >= 4 is 11.6 Å². The van der Waals surface area contributed by atoms with Gasteiger partial charge in [0.05, 0.1) is 11.5 Å². The summed E-state index contributed by atoms with van der Waals surface area (Å²) in [6.07, 6.45) is 7.24. The lowest BCUT2D eigenvalue weighted by atomic mass is 10.1. The highest BCUT2D eigenvalue weighted by Gasteiger charge is 2.30. The molecule has 0 aliphatic heterocycles. The van der Waals surface area contributed by atoms with Gasteiger partial charge in [-0.15, -0.1) is 6.42 Å². The third kappa shape index (κ3) is 3.12. The van der Waals surface area contributed by atoms with E-state index in [1.807, 2.05) is 0 Å². The Morgan fingerprint density at radius 2 is 2.25 bits per heavy atom. The smallest absolute Gasteiger partial charge is 0.282 e. The van der Waals surface area contributed by atoms with Gasteiger partial charge in [0.2, 0.25) is 0 Å². The van der Waals surface area contributed by atoms with Gasteiger partial charge >= 0.3 is 0 Å². The van der Waals surface area contributed by atoms with Gasteiger partial charge in [0.25, 0.3) is 11.6 Å². The number of carbonyl (C=O) groups excluding carboxylic acids is 1. The lowest BCUT2D eigenvalue weighted by Crippen LogP contribution is -2.33. The van der Waals surface area contributed by atoms with E-state index in [0.717, 1.165) is 31.0 Å². The molecule has 6 heteroatoms. The van der Waals surface area contributed by atoms with E-state index in [0.29, 0.717) is 12.5 Å². The molecule has 0 bridgehead atoms. The van der Waals surface area contributed by atoms with E-state index < -0.39 is 22.3 Å². The predicted molar refractivity (Wildman–Crippen MR) is 70.5 cm³/mol. The van der Waals surface area contributed by atoms with Crippen LogP contribution in [0, 0.1) is 34.2 Å². The summed E-state index contributed by atoms with van der Waals surface area (Å²) in [5.41, 5.74) is -0.667. The Kier molecular flexibility index (Phi) is 3.99. The molecule has 20 heavy (non-hydrogen) atoms. The summed E-state index contributed by atoms with van der Waals surface area (Å²) in [6.45, 7) is 0.514. The highest BCUT2D eigenvalue weighted by Crippen LogP contribution is 2.30. The van der Waals surface area contributed by atoms with Crippen LogP contribution in [0.3, 0.4) is 0 Å². The zero-order chi connectivity index (χ0) is 14.7. The van der Waals surface area contributed by atoms with Gasteiger partial charge in [-0.3, -0.25) is 14.9 Å². The first kappa shape index (κ1) is 14.0. The lowest BCUT2D eigenvalue weighted by Gasteiger charge is -2.20. The van der Waals surface area contributed by atoms with Crippen LogP contribution in [0.5, 0.6) is 0 Å². The molecule has 0 heterocycles. The minimum atomic E-state index is -0.697. The number of terminal acetylenes is 1. The van der Waals surface area contributed by atoms with Gasteiger partial charge in [0.15, 0.2) is 0 Å². The Morgan fingerprint density at radius 1 is 1.55 bits per heavy atom. The van der Waals surface area contributed by atoms with Gasteiger partial charge in [-0.2, -0.15) is 0 Å². The Morgan fingerprint density at radius 3 is 2.80 bits per heavy atom. The molecule has 104 valence electrons. The second-order valence-corrected chi connectivity index (χ2v) is 4.75. The maximum Gasteiger partial charge on any atom is 0.282 e. The Labute approximate surface area is 115 Å². The first-order valence-electron chi connectivity index (χ1n) is 6.19. The molecule has 2 rings (SSSR count). The molecule has 1 aromatic carbocycles. The minimum absolute atomic E-state index is 0.0585. The molecule has 1 aromatic rings. The fourth-order valence-electron chi connectivity index (χ4n) is 1.95. The third-order valence-corrected chi connectivity index (χ3v) is 3.13. The van der Waals surface area contributed by atoms with Crippen LogP contribution in [0.1, 0.15) is 23.2 Å². The van der Waals surface area contributed by atoms with Crippen LogP contribution in [0.2, 0.25) is 0 Å². The van der Waals surface area contributed by atoms with Crippen molar-refractivity contribution in [3.05, 3.63) is 39.7 Å². The number of hydrogen-bond donors (Lipinski definition) is 0. The SMILES string of the molecule is C#CCN(CC1CC1)C(=O)c1cc(F)ccc1[N+](=O)[O-]. The number of nitro benzene ring substituents is 1. The van der Waals surface area contributed by atoms with Gasteiger partial charge in [-0.05, 0) is 30.9 Å². The molecule has 1 aliphatic carbocycles. The largest absolute Gasteiger partial charge is 0.327 e. The van der Waals surface area contributed by atoms with E-state index in [1.165, 1.54) is 4.90 Å². The molecular formula is C14H13FN2O3. The molecule has 0 aromatic heterocycles. The van der Waals surface area contributed by atoms with Crippen molar-refractivity contribution in [1.82, 2.24) is 4.90 Å². The average Bonchev–Trinajstić information content (AvgIpc) is 3.21. The van der Waals surface area contributed by atoms with Gasteiger partial charge in [-0.25, -0.2) is 4.39 Å². The minimum Gasteiger partial charge on any atom is -0.327 e. The topological polar surface area (TPSA) is 63.5 Å². The second kappa shape index (κ2) is 5.70.